The Kier molecular flexibility index (Phi) is 10.7. The average Bonchev–Trinajstić information content (AvgIpc) is 3.48. The predicted molar refractivity (Wildman–Crippen MR) is 169 cm³/mol. The van der Waals surface area contributed by atoms with Gasteiger partial charge in [-0.2, -0.15) is 0 Å². The second kappa shape index (κ2) is 14.8. The number of furan rings is 1. The van der Waals surface area contributed by atoms with E-state index in [1.165, 1.54) is 36.6 Å². The van der Waals surface area contributed by atoms with Gasteiger partial charge in [-0.3, -0.25) is 19.2 Å². The summed E-state index contributed by atoms with van der Waals surface area (Å²) in [6.07, 6.45) is 5.83. The average molecular weight is 638 g/mol. The summed E-state index contributed by atoms with van der Waals surface area (Å²) < 4.78 is 34.5. The molecule has 46 heavy (non-hydrogen) atoms. The van der Waals surface area contributed by atoms with Crippen molar-refractivity contribution in [3.8, 4) is 0 Å². The van der Waals surface area contributed by atoms with Crippen molar-refractivity contribution in [1.29, 1.82) is 0 Å². The van der Waals surface area contributed by atoms with Crippen molar-refractivity contribution in [2.45, 2.75) is 64.0 Å². The van der Waals surface area contributed by atoms with Crippen molar-refractivity contribution in [1.82, 2.24) is 20.4 Å². The molecule has 0 spiro atoms. The molecule has 1 aliphatic carbocycles. The fourth-order valence-corrected chi connectivity index (χ4v) is 6.24. The fourth-order valence-electron chi connectivity index (χ4n) is 6.24. The second-order valence-corrected chi connectivity index (χ2v) is 12.2. The molecule has 1 saturated carbocycles. The van der Waals surface area contributed by atoms with Crippen molar-refractivity contribution in [2.75, 3.05) is 38.5 Å². The Bertz CT molecular complexity index is 1580. The van der Waals surface area contributed by atoms with Gasteiger partial charge in [-0.1, -0.05) is 32.3 Å². The van der Waals surface area contributed by atoms with Gasteiger partial charge in [-0.25, -0.2) is 8.78 Å². The Morgan fingerprint density at radius 2 is 1.70 bits per heavy atom. The van der Waals surface area contributed by atoms with Crippen molar-refractivity contribution in [3.63, 3.8) is 0 Å². The highest BCUT2D eigenvalue weighted by molar-refractivity contribution is 6.08. The van der Waals surface area contributed by atoms with Crippen molar-refractivity contribution in [3.05, 3.63) is 65.4 Å². The minimum Gasteiger partial charge on any atom is -0.463 e. The molecule has 0 unspecified atom stereocenters. The van der Waals surface area contributed by atoms with Crippen LogP contribution in [0.5, 0.6) is 0 Å². The summed E-state index contributed by atoms with van der Waals surface area (Å²) >= 11 is 0. The zero-order chi connectivity index (χ0) is 32.8. The van der Waals surface area contributed by atoms with Crippen LogP contribution in [-0.4, -0.2) is 78.7 Å². The third kappa shape index (κ3) is 7.90. The summed E-state index contributed by atoms with van der Waals surface area (Å²) in [5, 5.41) is 8.68. The first-order chi connectivity index (χ1) is 22.1. The van der Waals surface area contributed by atoms with Crippen LogP contribution in [0.2, 0.25) is 0 Å². The van der Waals surface area contributed by atoms with E-state index >= 15 is 4.39 Å². The number of halogens is 2. The maximum atomic E-state index is 15.5. The molecule has 1 aliphatic heterocycles. The van der Waals surface area contributed by atoms with Gasteiger partial charge in [0.1, 0.15) is 35.6 Å². The van der Waals surface area contributed by atoms with Gasteiger partial charge in [0.15, 0.2) is 0 Å². The normalized spacial score (nSPS) is 17.3. The van der Waals surface area contributed by atoms with Crippen LogP contribution in [0.25, 0.3) is 11.0 Å². The first-order valence-corrected chi connectivity index (χ1v) is 16.0. The van der Waals surface area contributed by atoms with Crippen LogP contribution < -0.4 is 16.0 Å². The number of amides is 4. The predicted octanol–water partition coefficient (Wildman–Crippen LogP) is 4.24. The van der Waals surface area contributed by atoms with E-state index in [1.807, 2.05) is 7.05 Å². The van der Waals surface area contributed by atoms with Crippen molar-refractivity contribution >= 4 is 40.3 Å². The maximum absolute atomic E-state index is 15.5. The van der Waals surface area contributed by atoms with E-state index in [0.29, 0.717) is 24.0 Å². The lowest BCUT2D eigenvalue weighted by atomic mass is 9.83. The van der Waals surface area contributed by atoms with E-state index in [2.05, 4.69) is 20.9 Å². The van der Waals surface area contributed by atoms with Gasteiger partial charge >= 0.3 is 0 Å². The van der Waals surface area contributed by atoms with Crippen LogP contribution in [0.15, 0.2) is 47.1 Å². The standard InChI is InChI=1S/C34H41F2N5O5/c1-3-30(42)37-28(34(45)41-15-13-40(2)14-16-41)18-21-9-12-27(26(36)17-21)38-33(44)31(22-7-5-4-6-8-22)39-32(43)25-20-46-29-19-23(35)10-11-24(25)29/h9-12,17,19-20,22,28,31H,3-8,13-16,18H2,1-2H3,(H,37,42)(H,38,44)(H,39,43)/t28-,31+/m1/s1. The Morgan fingerprint density at radius 3 is 2.39 bits per heavy atom. The monoisotopic (exact) mass is 637 g/mol. The smallest absolute Gasteiger partial charge is 0.255 e. The number of nitrogens with one attached hydrogen (secondary N) is 3. The summed E-state index contributed by atoms with van der Waals surface area (Å²) in [7, 11) is 1.98. The topological polar surface area (TPSA) is 124 Å². The molecule has 5 rings (SSSR count). The van der Waals surface area contributed by atoms with Gasteiger partial charge in [0.25, 0.3) is 5.91 Å². The zero-order valence-electron chi connectivity index (χ0n) is 26.2. The van der Waals surface area contributed by atoms with Gasteiger partial charge in [0, 0.05) is 50.5 Å². The number of carbonyl (C=O) groups is 4. The summed E-state index contributed by atoms with van der Waals surface area (Å²) in [5.74, 6) is -2.93. The van der Waals surface area contributed by atoms with E-state index < -0.39 is 35.5 Å². The van der Waals surface area contributed by atoms with Gasteiger partial charge < -0.3 is 30.2 Å². The first kappa shape index (κ1) is 33.1. The molecule has 10 nitrogen and oxygen atoms in total. The fraction of sp³-hybridized carbons (Fsp3) is 0.471. The number of hydrogen-bond donors (Lipinski definition) is 3. The number of benzene rings is 2. The number of rotatable bonds is 10. The van der Waals surface area contributed by atoms with Gasteiger partial charge in [0.2, 0.25) is 17.7 Å². The Hall–Kier alpha value is -4.32. The van der Waals surface area contributed by atoms with Gasteiger partial charge in [0.05, 0.1) is 11.3 Å². The summed E-state index contributed by atoms with van der Waals surface area (Å²) in [5.41, 5.74) is 0.815. The van der Waals surface area contributed by atoms with Crippen LogP contribution in [0.1, 0.15) is 61.4 Å². The van der Waals surface area contributed by atoms with Crippen LogP contribution >= 0.6 is 0 Å². The molecule has 1 saturated heterocycles. The highest BCUT2D eigenvalue weighted by atomic mass is 19.1. The highest BCUT2D eigenvalue weighted by Crippen LogP contribution is 2.29. The highest BCUT2D eigenvalue weighted by Gasteiger charge is 2.33. The van der Waals surface area contributed by atoms with E-state index in [1.54, 1.807) is 17.9 Å². The molecule has 12 heteroatoms. The molecule has 0 bridgehead atoms. The lowest BCUT2D eigenvalue weighted by Gasteiger charge is -2.34. The maximum Gasteiger partial charge on any atom is 0.255 e. The summed E-state index contributed by atoms with van der Waals surface area (Å²) in [4.78, 5) is 56.4. The Balaban J connectivity index is 1.30. The molecule has 2 atom stereocenters. The van der Waals surface area contributed by atoms with Gasteiger partial charge in [-0.05, 0) is 55.6 Å². The molecular formula is C34H41F2N5O5. The van der Waals surface area contributed by atoms with Gasteiger partial charge in [-0.15, -0.1) is 0 Å². The quantitative estimate of drug-likeness (QED) is 0.306. The molecular weight excluding hydrogens is 596 g/mol. The van der Waals surface area contributed by atoms with E-state index in [0.717, 1.165) is 45.2 Å². The molecule has 1 aromatic heterocycles. The molecule has 4 amide bonds. The largest absolute Gasteiger partial charge is 0.463 e. The van der Waals surface area contributed by atoms with Crippen LogP contribution in [0, 0.1) is 17.6 Å². The molecule has 2 aromatic carbocycles. The van der Waals surface area contributed by atoms with E-state index in [9.17, 15) is 23.6 Å². The lowest BCUT2D eigenvalue weighted by Crippen LogP contribution is -2.54. The summed E-state index contributed by atoms with van der Waals surface area (Å²) in [6, 6.07) is 6.38. The van der Waals surface area contributed by atoms with E-state index in [4.69, 9.17) is 4.42 Å². The van der Waals surface area contributed by atoms with Crippen LogP contribution in [-0.2, 0) is 20.8 Å². The third-order valence-corrected chi connectivity index (χ3v) is 8.97. The Morgan fingerprint density at radius 1 is 0.957 bits per heavy atom. The number of fused-ring (bicyclic) bond motifs is 1. The van der Waals surface area contributed by atoms with Crippen LogP contribution in [0.3, 0.4) is 0 Å². The molecule has 2 heterocycles. The summed E-state index contributed by atoms with van der Waals surface area (Å²) in [6.45, 7) is 4.24. The number of nitrogens with zero attached hydrogens (tertiary/aromatic N) is 2. The molecule has 2 fully saturated rings. The first-order valence-electron chi connectivity index (χ1n) is 16.0. The molecule has 3 aromatic rings. The van der Waals surface area contributed by atoms with Crippen LogP contribution in [0.4, 0.5) is 14.5 Å². The zero-order valence-corrected chi connectivity index (χ0v) is 26.2. The number of carbonyl (C=O) groups excluding carboxylic acids is 4. The minimum atomic E-state index is -0.938. The second-order valence-electron chi connectivity index (χ2n) is 12.2. The number of hydrogen-bond acceptors (Lipinski definition) is 6. The third-order valence-electron chi connectivity index (χ3n) is 8.97. The lowest BCUT2D eigenvalue weighted by molar-refractivity contribution is -0.137. The number of likely N-dealkylation sites (N-methyl/N-ethyl adjacent to an activating group) is 1. The molecule has 0 radical (unpaired) electrons. The number of anilines is 1. The molecule has 2 aliphatic rings. The van der Waals surface area contributed by atoms with E-state index in [-0.39, 0.29) is 47.4 Å². The molecule has 3 N–H and O–H groups in total. The van der Waals surface area contributed by atoms with Crippen molar-refractivity contribution in [2.24, 2.45) is 5.92 Å². The molecule has 246 valence electrons. The van der Waals surface area contributed by atoms with Crippen molar-refractivity contribution < 1.29 is 32.4 Å². The minimum absolute atomic E-state index is 0.0624. The number of piperazine rings is 1. The SMILES string of the molecule is CCC(=O)N[C@H](Cc1ccc(NC(=O)[C@@H](NC(=O)c2coc3cc(F)ccc23)C2CCCCC2)c(F)c1)C(=O)N1CCN(C)CC1. The Labute approximate surface area is 266 Å².